The summed E-state index contributed by atoms with van der Waals surface area (Å²) in [4.78, 5) is 67.5. The fourth-order valence-corrected chi connectivity index (χ4v) is 4.26. The van der Waals surface area contributed by atoms with Crippen LogP contribution in [0.15, 0.2) is 76.1 Å². The van der Waals surface area contributed by atoms with Crippen LogP contribution in [0.5, 0.6) is 0 Å². The van der Waals surface area contributed by atoms with Gasteiger partial charge in [-0.2, -0.15) is 0 Å². The first-order valence-electron chi connectivity index (χ1n) is 11.0. The van der Waals surface area contributed by atoms with Crippen molar-refractivity contribution in [2.45, 2.75) is 13.5 Å². The van der Waals surface area contributed by atoms with Gasteiger partial charge in [0.05, 0.1) is 28.1 Å². The third kappa shape index (κ3) is 4.64. The molecule has 184 valence electrons. The van der Waals surface area contributed by atoms with Crippen LogP contribution in [0.4, 0.5) is 11.4 Å². The maximum atomic E-state index is 13.0. The molecule has 37 heavy (non-hydrogen) atoms. The monoisotopic (exact) mass is 560 g/mol. The first kappa shape index (κ1) is 24.1. The number of nitrogens with one attached hydrogen (secondary N) is 1. The maximum Gasteiger partial charge on any atom is 0.338 e. The molecule has 0 bridgehead atoms. The molecule has 11 heteroatoms. The molecule has 0 unspecified atom stereocenters. The normalized spacial score (nSPS) is 12.5. The summed E-state index contributed by atoms with van der Waals surface area (Å²) in [5.74, 6) is -2.10. The van der Waals surface area contributed by atoms with Crippen molar-refractivity contribution < 1.29 is 23.9 Å². The van der Waals surface area contributed by atoms with Crippen molar-refractivity contribution in [3.05, 3.63) is 104 Å². The summed E-state index contributed by atoms with van der Waals surface area (Å²) in [6, 6.07) is 15.0. The second-order valence-corrected chi connectivity index (χ2v) is 9.09. The number of anilines is 2. The van der Waals surface area contributed by atoms with Crippen LogP contribution < -0.4 is 15.8 Å². The molecule has 0 spiro atoms. The minimum atomic E-state index is -0.737. The van der Waals surface area contributed by atoms with E-state index in [1.54, 1.807) is 42.6 Å². The summed E-state index contributed by atoms with van der Waals surface area (Å²) in [5, 5.41) is 2.62. The van der Waals surface area contributed by atoms with Crippen LogP contribution in [0.1, 0.15) is 43.7 Å². The Morgan fingerprint density at radius 3 is 2.41 bits per heavy atom. The van der Waals surface area contributed by atoms with Crippen LogP contribution in [0.2, 0.25) is 0 Å². The van der Waals surface area contributed by atoms with Gasteiger partial charge < -0.3 is 10.1 Å². The van der Waals surface area contributed by atoms with Crippen molar-refractivity contribution in [1.82, 2.24) is 9.38 Å². The highest BCUT2D eigenvalue weighted by molar-refractivity contribution is 9.10. The van der Waals surface area contributed by atoms with Gasteiger partial charge in [-0.05, 0) is 70.5 Å². The molecule has 2 aromatic heterocycles. The molecule has 0 saturated heterocycles. The van der Waals surface area contributed by atoms with Crippen molar-refractivity contribution in [2.24, 2.45) is 0 Å². The highest BCUT2D eigenvalue weighted by Crippen LogP contribution is 2.30. The Labute approximate surface area is 217 Å². The smallest absolute Gasteiger partial charge is 0.338 e. The summed E-state index contributed by atoms with van der Waals surface area (Å²) in [6.07, 6.45) is 1.59. The number of carbonyl (C=O) groups is 4. The number of halogens is 1. The van der Waals surface area contributed by atoms with Gasteiger partial charge in [-0.25, -0.2) is 14.7 Å². The predicted octanol–water partition coefficient (Wildman–Crippen LogP) is 3.57. The van der Waals surface area contributed by atoms with Gasteiger partial charge in [-0.3, -0.25) is 23.6 Å². The van der Waals surface area contributed by atoms with E-state index in [0.29, 0.717) is 21.5 Å². The van der Waals surface area contributed by atoms with Crippen molar-refractivity contribution in [1.29, 1.82) is 0 Å². The first-order valence-corrected chi connectivity index (χ1v) is 11.8. The topological polar surface area (TPSA) is 127 Å². The SMILES string of the molecule is CC(=O)Nc1ccc(N2C(=O)c3ccc(C(=O)OCc4cc(=O)n5cc(Br)ccc5n4)cc3C2=O)cc1. The number of ether oxygens (including phenoxy) is 1. The van der Waals surface area contributed by atoms with Gasteiger partial charge in [-0.1, -0.05) is 0 Å². The largest absolute Gasteiger partial charge is 0.456 e. The molecule has 0 saturated carbocycles. The molecule has 5 rings (SSSR count). The van der Waals surface area contributed by atoms with Gasteiger partial charge in [0.25, 0.3) is 17.4 Å². The quantitative estimate of drug-likeness (QED) is 0.292. The first-order chi connectivity index (χ1) is 17.7. The number of carbonyl (C=O) groups excluding carboxylic acids is 4. The van der Waals surface area contributed by atoms with Gasteiger partial charge in [-0.15, -0.1) is 0 Å². The van der Waals surface area contributed by atoms with Crippen LogP contribution >= 0.6 is 15.9 Å². The van der Waals surface area contributed by atoms with E-state index in [1.165, 1.54) is 35.6 Å². The van der Waals surface area contributed by atoms with Gasteiger partial charge in [0.15, 0.2) is 0 Å². The van der Waals surface area contributed by atoms with Gasteiger partial charge in [0.2, 0.25) is 5.91 Å². The lowest BCUT2D eigenvalue weighted by Gasteiger charge is -2.14. The van der Waals surface area contributed by atoms with Crippen molar-refractivity contribution in [3.63, 3.8) is 0 Å². The second-order valence-electron chi connectivity index (χ2n) is 8.17. The van der Waals surface area contributed by atoms with E-state index in [1.807, 2.05) is 0 Å². The minimum Gasteiger partial charge on any atom is -0.456 e. The number of hydrogen-bond donors (Lipinski definition) is 1. The van der Waals surface area contributed by atoms with E-state index in [9.17, 15) is 24.0 Å². The molecule has 1 aliphatic rings. The molecule has 0 atom stereocenters. The zero-order valence-electron chi connectivity index (χ0n) is 19.2. The lowest BCUT2D eigenvalue weighted by atomic mass is 10.1. The Morgan fingerprint density at radius 2 is 1.68 bits per heavy atom. The number of pyridine rings is 1. The number of aromatic nitrogens is 2. The molecule has 2 aromatic carbocycles. The third-order valence-electron chi connectivity index (χ3n) is 5.60. The fraction of sp³-hybridized carbons (Fsp3) is 0.0769. The standard InChI is InChI=1S/C26H17BrN4O6/c1-14(32)28-17-4-6-19(7-5-17)31-24(34)20-8-2-15(10-21(20)25(31)35)26(36)37-13-18-11-23(33)30-12-16(27)3-9-22(30)29-18/h2-12H,13H2,1H3,(H,28,32). The molecule has 0 fully saturated rings. The van der Waals surface area contributed by atoms with Gasteiger partial charge >= 0.3 is 5.97 Å². The van der Waals surface area contributed by atoms with Gasteiger partial charge in [0.1, 0.15) is 12.3 Å². The highest BCUT2D eigenvalue weighted by Gasteiger charge is 2.37. The molecular weight excluding hydrogens is 544 g/mol. The zero-order valence-corrected chi connectivity index (χ0v) is 20.8. The number of rotatable bonds is 5. The molecule has 4 aromatic rings. The number of nitrogens with zero attached hydrogens (tertiary/aromatic N) is 3. The van der Waals surface area contributed by atoms with Crippen LogP contribution in [-0.4, -0.2) is 33.1 Å². The summed E-state index contributed by atoms with van der Waals surface area (Å²) >= 11 is 3.30. The van der Waals surface area contributed by atoms with Crippen LogP contribution in [0, 0.1) is 0 Å². The maximum absolute atomic E-state index is 13.0. The molecule has 3 heterocycles. The average Bonchev–Trinajstić information content (AvgIpc) is 3.12. The van der Waals surface area contributed by atoms with E-state index in [4.69, 9.17) is 4.74 Å². The van der Waals surface area contributed by atoms with E-state index < -0.39 is 17.8 Å². The Bertz CT molecular complexity index is 1680. The number of hydrogen-bond acceptors (Lipinski definition) is 7. The Kier molecular flexibility index (Phi) is 6.14. The van der Waals surface area contributed by atoms with Crippen LogP contribution in [0.25, 0.3) is 5.65 Å². The molecule has 10 nitrogen and oxygen atoms in total. The van der Waals surface area contributed by atoms with Crippen molar-refractivity contribution in [3.8, 4) is 0 Å². The number of amides is 3. The predicted molar refractivity (Wildman–Crippen MR) is 137 cm³/mol. The minimum absolute atomic E-state index is 0.0676. The van der Waals surface area contributed by atoms with E-state index in [-0.39, 0.29) is 40.5 Å². The lowest BCUT2D eigenvalue weighted by molar-refractivity contribution is -0.114. The molecule has 3 amide bonds. The molecule has 0 aliphatic carbocycles. The van der Waals surface area contributed by atoms with Crippen LogP contribution in [0.3, 0.4) is 0 Å². The molecule has 0 radical (unpaired) electrons. The second kappa shape index (κ2) is 9.43. The number of imide groups is 1. The van der Waals surface area contributed by atoms with Crippen molar-refractivity contribution >= 4 is 56.6 Å². The fourth-order valence-electron chi connectivity index (χ4n) is 3.92. The summed E-state index contributed by atoms with van der Waals surface area (Å²) < 4.78 is 7.39. The number of fused-ring (bicyclic) bond motifs is 2. The number of esters is 1. The molecule has 1 N–H and O–H groups in total. The lowest BCUT2D eigenvalue weighted by Crippen LogP contribution is -2.29. The third-order valence-corrected chi connectivity index (χ3v) is 6.06. The summed E-state index contributed by atoms with van der Waals surface area (Å²) in [5.41, 5.74) is 1.48. The highest BCUT2D eigenvalue weighted by atomic mass is 79.9. The van der Waals surface area contributed by atoms with E-state index >= 15 is 0 Å². The summed E-state index contributed by atoms with van der Waals surface area (Å²) in [7, 11) is 0. The molecule has 1 aliphatic heterocycles. The van der Waals surface area contributed by atoms with E-state index in [0.717, 1.165) is 4.90 Å². The Morgan fingerprint density at radius 1 is 0.946 bits per heavy atom. The van der Waals surface area contributed by atoms with Crippen molar-refractivity contribution in [2.75, 3.05) is 10.2 Å². The number of benzene rings is 2. The Balaban J connectivity index is 1.33. The van der Waals surface area contributed by atoms with Crippen LogP contribution in [-0.2, 0) is 16.1 Å². The average molecular weight is 561 g/mol. The van der Waals surface area contributed by atoms with E-state index in [2.05, 4.69) is 26.2 Å². The molecular formula is C26H17BrN4O6. The Hall–Kier alpha value is -4.64. The van der Waals surface area contributed by atoms with Gasteiger partial charge in [0, 0.05) is 29.3 Å². The zero-order chi connectivity index (χ0) is 26.3. The summed E-state index contributed by atoms with van der Waals surface area (Å²) in [6.45, 7) is 1.12.